The van der Waals surface area contributed by atoms with Gasteiger partial charge in [-0.05, 0) is 13.0 Å². The molecule has 0 amide bonds. The van der Waals surface area contributed by atoms with E-state index >= 15 is 0 Å². The summed E-state index contributed by atoms with van der Waals surface area (Å²) >= 11 is 1.72. The Morgan fingerprint density at radius 1 is 1.08 bits per heavy atom. The quantitative estimate of drug-likeness (QED) is 0.801. The standard InChI is InChI=1S/C19H29N5OS/c1-15-20-16(14-26-15)13-23-9-7-22(8-10-23)11-12-24-18(25)6-5-17(21-24)19(2,3)4/h5-6,14H,7-13H2,1-4H3. The number of aryl methyl sites for hydroxylation is 1. The van der Waals surface area contributed by atoms with Crippen molar-refractivity contribution in [2.75, 3.05) is 32.7 Å². The molecule has 7 heteroatoms. The van der Waals surface area contributed by atoms with Crippen molar-refractivity contribution in [2.24, 2.45) is 0 Å². The Kier molecular flexibility index (Phi) is 5.89. The second kappa shape index (κ2) is 7.98. The van der Waals surface area contributed by atoms with E-state index in [1.54, 1.807) is 22.1 Å². The molecule has 0 spiro atoms. The van der Waals surface area contributed by atoms with Gasteiger partial charge in [-0.3, -0.25) is 14.6 Å². The van der Waals surface area contributed by atoms with Gasteiger partial charge in [0.2, 0.25) is 0 Å². The summed E-state index contributed by atoms with van der Waals surface area (Å²) in [5.41, 5.74) is 2.07. The minimum atomic E-state index is -0.0465. The molecule has 142 valence electrons. The Bertz CT molecular complexity index is 784. The maximum absolute atomic E-state index is 12.1. The van der Waals surface area contributed by atoms with Crippen LogP contribution >= 0.6 is 11.3 Å². The molecule has 1 aliphatic rings. The van der Waals surface area contributed by atoms with Gasteiger partial charge in [-0.25, -0.2) is 9.67 Å². The Morgan fingerprint density at radius 3 is 2.38 bits per heavy atom. The molecule has 1 aliphatic heterocycles. The van der Waals surface area contributed by atoms with Crippen LogP contribution in [0.25, 0.3) is 0 Å². The maximum Gasteiger partial charge on any atom is 0.266 e. The molecular formula is C19H29N5OS. The number of thiazole rings is 1. The Balaban J connectivity index is 1.50. The van der Waals surface area contributed by atoms with Crippen LogP contribution in [-0.4, -0.2) is 57.3 Å². The van der Waals surface area contributed by atoms with Crippen molar-refractivity contribution in [1.82, 2.24) is 24.6 Å². The molecule has 0 atom stereocenters. The van der Waals surface area contributed by atoms with E-state index in [1.807, 2.05) is 6.07 Å². The van der Waals surface area contributed by atoms with Crippen molar-refractivity contribution < 1.29 is 0 Å². The first-order chi connectivity index (χ1) is 12.3. The van der Waals surface area contributed by atoms with Crippen molar-refractivity contribution >= 4 is 11.3 Å². The van der Waals surface area contributed by atoms with E-state index < -0.39 is 0 Å². The zero-order valence-electron chi connectivity index (χ0n) is 16.2. The number of hydrogen-bond acceptors (Lipinski definition) is 6. The van der Waals surface area contributed by atoms with Crippen LogP contribution in [0.5, 0.6) is 0 Å². The molecule has 0 bridgehead atoms. The second-order valence-electron chi connectivity index (χ2n) is 8.01. The molecule has 2 aromatic heterocycles. The molecule has 1 fully saturated rings. The van der Waals surface area contributed by atoms with E-state index in [2.05, 4.69) is 53.0 Å². The molecule has 0 radical (unpaired) electrons. The molecule has 0 saturated carbocycles. The van der Waals surface area contributed by atoms with Crippen LogP contribution in [0, 0.1) is 6.92 Å². The highest BCUT2D eigenvalue weighted by atomic mass is 32.1. The van der Waals surface area contributed by atoms with Crippen molar-refractivity contribution in [3.8, 4) is 0 Å². The van der Waals surface area contributed by atoms with Crippen LogP contribution in [0.4, 0.5) is 0 Å². The maximum atomic E-state index is 12.1. The number of aromatic nitrogens is 3. The monoisotopic (exact) mass is 375 g/mol. The van der Waals surface area contributed by atoms with Gasteiger partial charge in [-0.15, -0.1) is 11.3 Å². The molecule has 0 aromatic carbocycles. The van der Waals surface area contributed by atoms with Gasteiger partial charge in [0.05, 0.1) is 22.9 Å². The van der Waals surface area contributed by atoms with Crippen LogP contribution in [0.15, 0.2) is 22.3 Å². The normalized spacial score (nSPS) is 16.9. The Labute approximate surface area is 159 Å². The van der Waals surface area contributed by atoms with E-state index in [9.17, 15) is 4.79 Å². The summed E-state index contributed by atoms with van der Waals surface area (Å²) in [5, 5.41) is 7.85. The smallest absolute Gasteiger partial charge is 0.266 e. The van der Waals surface area contributed by atoms with Crippen LogP contribution < -0.4 is 5.56 Å². The molecule has 2 aromatic rings. The van der Waals surface area contributed by atoms with Crippen LogP contribution in [-0.2, 0) is 18.5 Å². The average Bonchev–Trinajstić information content (AvgIpc) is 2.99. The predicted octanol–water partition coefficient (Wildman–Crippen LogP) is 2.12. The lowest BCUT2D eigenvalue weighted by Crippen LogP contribution is -2.47. The number of piperazine rings is 1. The van der Waals surface area contributed by atoms with Crippen molar-refractivity contribution in [3.63, 3.8) is 0 Å². The summed E-state index contributed by atoms with van der Waals surface area (Å²) in [4.78, 5) is 21.5. The first-order valence-corrected chi connectivity index (χ1v) is 10.1. The number of rotatable bonds is 5. The Morgan fingerprint density at radius 2 is 1.77 bits per heavy atom. The number of nitrogens with zero attached hydrogens (tertiary/aromatic N) is 5. The topological polar surface area (TPSA) is 54.3 Å². The average molecular weight is 376 g/mol. The van der Waals surface area contributed by atoms with Gasteiger partial charge >= 0.3 is 0 Å². The Hall–Kier alpha value is -1.57. The summed E-state index contributed by atoms with van der Waals surface area (Å²) in [5.74, 6) is 0. The molecule has 0 N–H and O–H groups in total. The van der Waals surface area contributed by atoms with Gasteiger partial charge in [0.1, 0.15) is 0 Å². The van der Waals surface area contributed by atoms with Crippen molar-refractivity contribution in [3.05, 3.63) is 44.3 Å². The minimum Gasteiger partial charge on any atom is -0.299 e. The summed E-state index contributed by atoms with van der Waals surface area (Å²) in [7, 11) is 0. The van der Waals surface area contributed by atoms with Gasteiger partial charge in [0.25, 0.3) is 5.56 Å². The highest BCUT2D eigenvalue weighted by molar-refractivity contribution is 7.09. The van der Waals surface area contributed by atoms with Crippen LogP contribution in [0.2, 0.25) is 0 Å². The summed E-state index contributed by atoms with van der Waals surface area (Å²) in [6, 6.07) is 3.49. The van der Waals surface area contributed by atoms with E-state index in [-0.39, 0.29) is 11.0 Å². The summed E-state index contributed by atoms with van der Waals surface area (Å²) < 4.78 is 1.62. The highest BCUT2D eigenvalue weighted by Gasteiger charge is 2.19. The van der Waals surface area contributed by atoms with Gasteiger partial charge in [0.15, 0.2) is 0 Å². The first kappa shape index (κ1) is 19.2. The van der Waals surface area contributed by atoms with E-state index in [1.165, 1.54) is 5.69 Å². The first-order valence-electron chi connectivity index (χ1n) is 9.25. The lowest BCUT2D eigenvalue weighted by molar-refractivity contribution is 0.121. The highest BCUT2D eigenvalue weighted by Crippen LogP contribution is 2.18. The largest absolute Gasteiger partial charge is 0.299 e. The van der Waals surface area contributed by atoms with E-state index in [0.29, 0.717) is 6.54 Å². The fourth-order valence-corrected chi connectivity index (χ4v) is 3.73. The van der Waals surface area contributed by atoms with E-state index in [4.69, 9.17) is 0 Å². The van der Waals surface area contributed by atoms with Crippen molar-refractivity contribution in [1.29, 1.82) is 0 Å². The van der Waals surface area contributed by atoms with Gasteiger partial charge in [-0.2, -0.15) is 5.10 Å². The molecule has 6 nitrogen and oxygen atoms in total. The third-order valence-electron chi connectivity index (χ3n) is 4.78. The van der Waals surface area contributed by atoms with Crippen LogP contribution in [0.1, 0.15) is 37.2 Å². The fourth-order valence-electron chi connectivity index (χ4n) is 3.13. The zero-order chi connectivity index (χ0) is 18.7. The number of hydrogen-bond donors (Lipinski definition) is 0. The summed E-state index contributed by atoms with van der Waals surface area (Å²) in [6.45, 7) is 15.0. The summed E-state index contributed by atoms with van der Waals surface area (Å²) in [6.07, 6.45) is 0. The van der Waals surface area contributed by atoms with Gasteiger partial charge in [-0.1, -0.05) is 20.8 Å². The molecular weight excluding hydrogens is 346 g/mol. The molecule has 3 rings (SSSR count). The van der Waals surface area contributed by atoms with Crippen LogP contribution in [0.3, 0.4) is 0 Å². The lowest BCUT2D eigenvalue weighted by atomic mass is 9.92. The zero-order valence-corrected chi connectivity index (χ0v) is 17.1. The molecule has 26 heavy (non-hydrogen) atoms. The third-order valence-corrected chi connectivity index (χ3v) is 5.60. The van der Waals surface area contributed by atoms with E-state index in [0.717, 1.165) is 50.0 Å². The molecule has 0 unspecified atom stereocenters. The minimum absolute atomic E-state index is 0.0180. The molecule has 3 heterocycles. The van der Waals surface area contributed by atoms with Gasteiger partial charge < -0.3 is 0 Å². The third kappa shape index (κ3) is 4.99. The predicted molar refractivity (Wildman–Crippen MR) is 106 cm³/mol. The molecule has 1 saturated heterocycles. The lowest BCUT2D eigenvalue weighted by Gasteiger charge is -2.34. The SMILES string of the molecule is Cc1nc(CN2CCN(CCn3nc(C(C)(C)C)ccc3=O)CC2)cs1. The molecule has 0 aliphatic carbocycles. The second-order valence-corrected chi connectivity index (χ2v) is 9.07. The van der Waals surface area contributed by atoms with Crippen molar-refractivity contribution in [2.45, 2.75) is 46.2 Å². The van der Waals surface area contributed by atoms with Gasteiger partial charge in [0, 0.05) is 56.1 Å². The fraction of sp³-hybridized carbons (Fsp3) is 0.632.